The lowest BCUT2D eigenvalue weighted by atomic mass is 9.99. The zero-order valence-corrected chi connectivity index (χ0v) is 23.4. The molecule has 202 valence electrons. The van der Waals surface area contributed by atoms with Crippen LogP contribution in [0.3, 0.4) is 0 Å². The van der Waals surface area contributed by atoms with E-state index < -0.39 is 0 Å². The molecule has 1 saturated heterocycles. The Balaban J connectivity index is 1.17. The van der Waals surface area contributed by atoms with Gasteiger partial charge in [0.1, 0.15) is 17.2 Å². The summed E-state index contributed by atoms with van der Waals surface area (Å²) in [7, 11) is 1.59. The normalized spacial score (nSPS) is 17.9. The van der Waals surface area contributed by atoms with Crippen LogP contribution >= 0.6 is 15.9 Å². The van der Waals surface area contributed by atoms with Crippen LogP contribution < -0.4 is 18.9 Å². The Kier molecular flexibility index (Phi) is 6.97. The number of hydrogen-bond donors (Lipinski definition) is 1. The highest BCUT2D eigenvalue weighted by Gasteiger charge is 2.34. The molecule has 3 aromatic carbocycles. The number of phenols is 1. The van der Waals surface area contributed by atoms with Crippen LogP contribution in [0.4, 0.5) is 0 Å². The van der Waals surface area contributed by atoms with Crippen LogP contribution in [-0.2, 0) is 13.1 Å². The third-order valence-corrected chi connectivity index (χ3v) is 7.88. The van der Waals surface area contributed by atoms with Crippen LogP contribution in [0.2, 0.25) is 0 Å². The molecular formula is C30H29BrN2O6. The number of hydrogen-bond acceptors (Lipinski definition) is 8. The number of halogens is 1. The van der Waals surface area contributed by atoms with Crippen molar-refractivity contribution in [3.05, 3.63) is 80.5 Å². The molecule has 0 bridgehead atoms. The molecule has 3 heterocycles. The number of carbonyl (C=O) groups is 1. The van der Waals surface area contributed by atoms with E-state index in [0.717, 1.165) is 54.3 Å². The highest BCUT2D eigenvalue weighted by molar-refractivity contribution is 9.10. The van der Waals surface area contributed by atoms with Crippen molar-refractivity contribution < 1.29 is 28.8 Å². The monoisotopic (exact) mass is 592 g/mol. The van der Waals surface area contributed by atoms with Crippen molar-refractivity contribution in [3.8, 4) is 28.7 Å². The number of rotatable bonds is 6. The van der Waals surface area contributed by atoms with Gasteiger partial charge in [-0.2, -0.15) is 0 Å². The van der Waals surface area contributed by atoms with Crippen molar-refractivity contribution in [1.82, 2.24) is 9.80 Å². The number of phenolic OH excluding ortho intramolecular Hbond substituents is 1. The topological polar surface area (TPSA) is 80.7 Å². The Labute approximate surface area is 235 Å². The van der Waals surface area contributed by atoms with E-state index in [-0.39, 0.29) is 24.1 Å². The second-order valence-electron chi connectivity index (χ2n) is 9.96. The lowest BCUT2D eigenvalue weighted by molar-refractivity contribution is 0.101. The smallest absolute Gasteiger partial charge is 0.232 e. The summed E-state index contributed by atoms with van der Waals surface area (Å²) in [6.07, 6.45) is 1.70. The summed E-state index contributed by atoms with van der Waals surface area (Å²) in [5.74, 6) is 2.84. The number of nitrogens with zero attached hydrogens (tertiary/aromatic N) is 2. The van der Waals surface area contributed by atoms with E-state index in [1.165, 1.54) is 5.56 Å². The van der Waals surface area contributed by atoms with Crippen LogP contribution in [-0.4, -0.2) is 60.8 Å². The minimum atomic E-state index is -0.195. The molecule has 0 atom stereocenters. The SMILES string of the molecule is COc1ccc(Br)cc1/C=C1\Oc2c(CN3CCN(Cc4ccc5c(c4)OCO5)CC3)c(O)cc(C)c2C1=O. The number of carbonyl (C=O) groups excluding carboxylic acids is 1. The maximum Gasteiger partial charge on any atom is 0.232 e. The van der Waals surface area contributed by atoms with Crippen molar-refractivity contribution in [2.75, 3.05) is 40.1 Å². The standard InChI is InChI=1S/C30H29BrN2O6/c1-18-11-23(34)22(30-28(18)29(35)27(39-30)14-20-13-21(31)4-6-24(20)36-2)16-33-9-7-32(8-10-33)15-19-3-5-25-26(12-19)38-17-37-25/h3-6,11-14,34H,7-10,15-17H2,1-2H3/b27-14-. The predicted octanol–water partition coefficient (Wildman–Crippen LogP) is 5.13. The molecule has 1 N–H and O–H groups in total. The van der Waals surface area contributed by atoms with Gasteiger partial charge >= 0.3 is 0 Å². The zero-order chi connectivity index (χ0) is 27.1. The molecule has 9 heteroatoms. The van der Waals surface area contributed by atoms with Crippen LogP contribution in [0.5, 0.6) is 28.7 Å². The number of piperazine rings is 1. The molecule has 0 aliphatic carbocycles. The molecule has 8 nitrogen and oxygen atoms in total. The quantitative estimate of drug-likeness (QED) is 0.394. The maximum atomic E-state index is 13.4. The summed E-state index contributed by atoms with van der Waals surface area (Å²) in [5.41, 5.74) is 3.75. The van der Waals surface area contributed by atoms with Gasteiger partial charge in [-0.15, -0.1) is 0 Å². The summed E-state index contributed by atoms with van der Waals surface area (Å²) in [6.45, 7) is 6.86. The van der Waals surface area contributed by atoms with E-state index in [0.29, 0.717) is 34.7 Å². The van der Waals surface area contributed by atoms with Gasteiger partial charge in [-0.3, -0.25) is 14.6 Å². The van der Waals surface area contributed by atoms with Crippen molar-refractivity contribution in [2.24, 2.45) is 0 Å². The molecule has 0 saturated carbocycles. The largest absolute Gasteiger partial charge is 0.507 e. The minimum Gasteiger partial charge on any atom is -0.507 e. The number of aromatic hydroxyl groups is 1. The lowest BCUT2D eigenvalue weighted by Gasteiger charge is -2.35. The van der Waals surface area contributed by atoms with Crippen LogP contribution in [0.1, 0.15) is 32.6 Å². The predicted molar refractivity (Wildman–Crippen MR) is 150 cm³/mol. The molecule has 0 amide bonds. The first-order valence-corrected chi connectivity index (χ1v) is 13.7. The van der Waals surface area contributed by atoms with Crippen LogP contribution in [0.25, 0.3) is 6.08 Å². The fourth-order valence-corrected chi connectivity index (χ4v) is 5.70. The van der Waals surface area contributed by atoms with Gasteiger partial charge in [0, 0.05) is 49.3 Å². The molecular weight excluding hydrogens is 564 g/mol. The Hall–Kier alpha value is -3.53. The summed E-state index contributed by atoms with van der Waals surface area (Å²) < 4.78 is 23.4. The highest BCUT2D eigenvalue weighted by atomic mass is 79.9. The highest BCUT2D eigenvalue weighted by Crippen LogP contribution is 2.43. The molecule has 0 spiro atoms. The van der Waals surface area contributed by atoms with Crippen LogP contribution in [0.15, 0.2) is 52.7 Å². The zero-order valence-electron chi connectivity index (χ0n) is 21.8. The summed E-state index contributed by atoms with van der Waals surface area (Å²) in [6, 6.07) is 13.3. The Morgan fingerprint density at radius 1 is 1.00 bits per heavy atom. The third-order valence-electron chi connectivity index (χ3n) is 7.39. The Morgan fingerprint density at radius 3 is 2.51 bits per heavy atom. The van der Waals surface area contributed by atoms with Gasteiger partial charge in [0.2, 0.25) is 12.6 Å². The molecule has 0 aromatic heterocycles. The molecule has 6 rings (SSSR count). The van der Waals surface area contributed by atoms with E-state index in [1.54, 1.807) is 19.3 Å². The van der Waals surface area contributed by atoms with Gasteiger partial charge in [0.05, 0.1) is 18.2 Å². The summed E-state index contributed by atoms with van der Waals surface area (Å²) >= 11 is 3.48. The number of ketones is 1. The third kappa shape index (κ3) is 5.09. The molecule has 0 unspecified atom stereocenters. The lowest BCUT2D eigenvalue weighted by Crippen LogP contribution is -2.45. The van der Waals surface area contributed by atoms with Gasteiger partial charge in [-0.25, -0.2) is 0 Å². The Bertz CT molecular complexity index is 1480. The van der Waals surface area contributed by atoms with E-state index in [1.807, 2.05) is 37.3 Å². The number of benzene rings is 3. The maximum absolute atomic E-state index is 13.4. The van der Waals surface area contributed by atoms with Crippen molar-refractivity contribution in [3.63, 3.8) is 0 Å². The van der Waals surface area contributed by atoms with Crippen molar-refractivity contribution >= 4 is 27.8 Å². The summed E-state index contributed by atoms with van der Waals surface area (Å²) in [5, 5.41) is 10.9. The second-order valence-corrected chi connectivity index (χ2v) is 10.9. The van der Waals surface area contributed by atoms with Gasteiger partial charge in [-0.1, -0.05) is 22.0 Å². The fraction of sp³-hybridized carbons (Fsp3) is 0.300. The average molecular weight is 593 g/mol. The molecule has 3 aliphatic rings. The van der Waals surface area contributed by atoms with E-state index in [9.17, 15) is 9.90 Å². The van der Waals surface area contributed by atoms with E-state index in [2.05, 4.69) is 31.8 Å². The fourth-order valence-electron chi connectivity index (χ4n) is 5.32. The van der Waals surface area contributed by atoms with E-state index in [4.69, 9.17) is 18.9 Å². The minimum absolute atomic E-state index is 0.142. The number of Topliss-reactive ketones (excluding diaryl/α,β-unsaturated/α-hetero) is 1. The molecule has 39 heavy (non-hydrogen) atoms. The number of allylic oxidation sites excluding steroid dienone is 1. The molecule has 1 fully saturated rings. The second kappa shape index (κ2) is 10.6. The van der Waals surface area contributed by atoms with E-state index >= 15 is 0 Å². The number of fused-ring (bicyclic) bond motifs is 2. The Morgan fingerprint density at radius 2 is 1.74 bits per heavy atom. The number of ether oxygens (including phenoxy) is 4. The first kappa shape index (κ1) is 25.7. The summed E-state index contributed by atoms with van der Waals surface area (Å²) in [4.78, 5) is 18.1. The first-order chi connectivity index (χ1) is 18.9. The van der Waals surface area contributed by atoms with Crippen molar-refractivity contribution in [2.45, 2.75) is 20.0 Å². The molecule has 3 aromatic rings. The van der Waals surface area contributed by atoms with Gasteiger partial charge < -0.3 is 24.1 Å². The molecule has 3 aliphatic heterocycles. The van der Waals surface area contributed by atoms with Gasteiger partial charge in [0.15, 0.2) is 17.3 Å². The van der Waals surface area contributed by atoms with Crippen molar-refractivity contribution in [1.29, 1.82) is 0 Å². The molecule has 0 radical (unpaired) electrons. The van der Waals surface area contributed by atoms with Crippen LogP contribution in [0, 0.1) is 6.92 Å². The van der Waals surface area contributed by atoms with Gasteiger partial charge in [-0.05, 0) is 60.5 Å². The number of aryl methyl sites for hydroxylation is 1. The average Bonchev–Trinajstić information content (AvgIpc) is 3.52. The van der Waals surface area contributed by atoms with Gasteiger partial charge in [0.25, 0.3) is 0 Å². The first-order valence-electron chi connectivity index (χ1n) is 12.9. The number of methoxy groups -OCH3 is 1.